The third kappa shape index (κ3) is 2.90. The van der Waals surface area contributed by atoms with Gasteiger partial charge in [-0.25, -0.2) is 0 Å². The summed E-state index contributed by atoms with van der Waals surface area (Å²) >= 11 is 0. The minimum absolute atomic E-state index is 0.135. The van der Waals surface area contributed by atoms with Crippen LogP contribution in [-0.4, -0.2) is 9.67 Å². The fraction of sp³-hybridized carbons (Fsp3) is 0.556. The van der Waals surface area contributed by atoms with Crippen LogP contribution in [0, 0.1) is 0 Å². The second-order valence-corrected chi connectivity index (χ2v) is 6.79. The molecule has 0 amide bonds. The molecule has 1 heterocycles. The van der Waals surface area contributed by atoms with Crippen molar-refractivity contribution in [1.82, 2.24) is 4.57 Å². The van der Waals surface area contributed by atoms with Gasteiger partial charge in [0.25, 0.3) is 0 Å². The number of aryl methyl sites for hydroxylation is 1. The van der Waals surface area contributed by atoms with Gasteiger partial charge in [-0.15, -0.1) is 0 Å². The largest absolute Gasteiger partial charge is 0.389 e. The number of aliphatic hydroxyl groups is 1. The Kier molecular flexibility index (Phi) is 4.24. The van der Waals surface area contributed by atoms with Gasteiger partial charge in [0.05, 0.1) is 6.10 Å². The highest BCUT2D eigenvalue weighted by Gasteiger charge is 2.18. The molecular weight excluding hydrogens is 246 g/mol. The lowest BCUT2D eigenvalue weighted by molar-refractivity contribution is 0.200. The predicted molar refractivity (Wildman–Crippen MR) is 86.2 cm³/mol. The summed E-state index contributed by atoms with van der Waals surface area (Å²) in [4.78, 5) is 0. The van der Waals surface area contributed by atoms with E-state index >= 15 is 0 Å². The van der Waals surface area contributed by atoms with Gasteiger partial charge in [0.15, 0.2) is 0 Å². The molecule has 1 atom stereocenters. The summed E-state index contributed by atoms with van der Waals surface area (Å²) in [5.41, 5.74) is 3.74. The van der Waals surface area contributed by atoms with Crippen molar-refractivity contribution in [1.29, 1.82) is 0 Å². The Morgan fingerprint density at radius 1 is 1.25 bits per heavy atom. The molecule has 2 nitrogen and oxygen atoms in total. The van der Waals surface area contributed by atoms with Crippen molar-refractivity contribution in [2.45, 2.75) is 65.5 Å². The van der Waals surface area contributed by atoms with Crippen LogP contribution >= 0.6 is 0 Å². The van der Waals surface area contributed by atoms with E-state index in [4.69, 9.17) is 0 Å². The van der Waals surface area contributed by atoms with Gasteiger partial charge in [0.2, 0.25) is 0 Å². The van der Waals surface area contributed by atoms with Gasteiger partial charge >= 0.3 is 0 Å². The third-order valence-electron chi connectivity index (χ3n) is 3.98. The number of fused-ring (bicyclic) bond motifs is 1. The van der Waals surface area contributed by atoms with Crippen LogP contribution in [0.4, 0.5) is 0 Å². The van der Waals surface area contributed by atoms with Crippen molar-refractivity contribution in [2.24, 2.45) is 0 Å². The molecule has 0 aliphatic rings. The molecule has 0 saturated carbocycles. The molecule has 110 valence electrons. The Morgan fingerprint density at radius 2 is 1.95 bits per heavy atom. The lowest BCUT2D eigenvalue weighted by Gasteiger charge is -2.19. The minimum Gasteiger partial charge on any atom is -0.389 e. The van der Waals surface area contributed by atoms with E-state index in [-0.39, 0.29) is 5.41 Å². The topological polar surface area (TPSA) is 25.2 Å². The molecule has 2 aromatic rings. The number of rotatable bonds is 4. The molecule has 1 aromatic heterocycles. The molecule has 20 heavy (non-hydrogen) atoms. The molecule has 0 saturated heterocycles. The number of aliphatic hydroxyl groups excluding tert-OH is 1. The van der Waals surface area contributed by atoms with Crippen LogP contribution in [-0.2, 0) is 12.0 Å². The number of nitrogens with zero attached hydrogens (tertiary/aromatic N) is 1. The first-order valence-corrected chi connectivity index (χ1v) is 7.66. The third-order valence-corrected chi connectivity index (χ3v) is 3.98. The molecule has 1 unspecified atom stereocenters. The molecule has 0 spiro atoms. The van der Waals surface area contributed by atoms with Gasteiger partial charge < -0.3 is 9.67 Å². The average molecular weight is 273 g/mol. The summed E-state index contributed by atoms with van der Waals surface area (Å²) in [6.07, 6.45) is 4.06. The predicted octanol–water partition coefficient (Wildman–Crippen LogP) is 4.79. The standard InChI is InChI=1S/C18H27NO/c1-6-7-10-19-12-16(13(2)20)15-11-14(18(3,4)5)8-9-17(15)19/h8-9,11-13,20H,6-7,10H2,1-5H3. The molecule has 1 N–H and O–H groups in total. The Balaban J connectivity index is 2.58. The van der Waals surface area contributed by atoms with E-state index in [1.807, 2.05) is 6.92 Å². The second kappa shape index (κ2) is 5.61. The normalized spacial score (nSPS) is 13.9. The van der Waals surface area contributed by atoms with E-state index < -0.39 is 6.10 Å². The monoisotopic (exact) mass is 273 g/mol. The van der Waals surface area contributed by atoms with Gasteiger partial charge in [0.1, 0.15) is 0 Å². The average Bonchev–Trinajstić information content (AvgIpc) is 2.73. The van der Waals surface area contributed by atoms with Gasteiger partial charge in [-0.2, -0.15) is 0 Å². The smallest absolute Gasteiger partial charge is 0.0782 e. The first-order valence-electron chi connectivity index (χ1n) is 7.66. The maximum Gasteiger partial charge on any atom is 0.0782 e. The number of aromatic nitrogens is 1. The Labute approximate surface area is 122 Å². The van der Waals surface area contributed by atoms with Crippen molar-refractivity contribution < 1.29 is 5.11 Å². The zero-order valence-corrected chi connectivity index (χ0v) is 13.4. The maximum absolute atomic E-state index is 10.0. The summed E-state index contributed by atoms with van der Waals surface area (Å²) in [7, 11) is 0. The van der Waals surface area contributed by atoms with Crippen LogP contribution in [0.15, 0.2) is 24.4 Å². The highest BCUT2D eigenvalue weighted by atomic mass is 16.3. The molecule has 0 bridgehead atoms. The number of unbranched alkanes of at least 4 members (excludes halogenated alkanes) is 1. The van der Waals surface area contributed by atoms with Gasteiger partial charge in [0, 0.05) is 29.2 Å². The fourth-order valence-electron chi connectivity index (χ4n) is 2.64. The number of hydrogen-bond donors (Lipinski definition) is 1. The van der Waals surface area contributed by atoms with Gasteiger partial charge in [-0.05, 0) is 36.5 Å². The van der Waals surface area contributed by atoms with Crippen molar-refractivity contribution in [3.05, 3.63) is 35.5 Å². The molecule has 2 rings (SSSR count). The second-order valence-electron chi connectivity index (χ2n) is 6.79. The molecule has 1 aromatic carbocycles. The lowest BCUT2D eigenvalue weighted by Crippen LogP contribution is -2.10. The van der Waals surface area contributed by atoms with Crippen LogP contribution < -0.4 is 0 Å². The van der Waals surface area contributed by atoms with Crippen LogP contribution in [0.1, 0.15) is 64.7 Å². The first kappa shape index (κ1) is 15.1. The SMILES string of the molecule is CCCCn1cc(C(C)O)c2cc(C(C)(C)C)ccc21. The van der Waals surface area contributed by atoms with Gasteiger partial charge in [-0.1, -0.05) is 40.2 Å². The summed E-state index contributed by atoms with van der Waals surface area (Å²) in [6.45, 7) is 11.8. The highest BCUT2D eigenvalue weighted by Crippen LogP contribution is 2.31. The Hall–Kier alpha value is -1.28. The molecule has 0 aliphatic carbocycles. The van der Waals surface area contributed by atoms with E-state index in [0.29, 0.717) is 0 Å². The van der Waals surface area contributed by atoms with E-state index in [1.165, 1.54) is 29.3 Å². The molecule has 0 aliphatic heterocycles. The van der Waals surface area contributed by atoms with Crippen molar-refractivity contribution in [3.63, 3.8) is 0 Å². The van der Waals surface area contributed by atoms with Crippen LogP contribution in [0.2, 0.25) is 0 Å². The minimum atomic E-state index is -0.421. The maximum atomic E-state index is 10.0. The van der Waals surface area contributed by atoms with E-state index in [9.17, 15) is 5.11 Å². The number of hydrogen-bond acceptors (Lipinski definition) is 1. The molecule has 0 fully saturated rings. The zero-order chi connectivity index (χ0) is 14.9. The van der Waals surface area contributed by atoms with Crippen molar-refractivity contribution in [3.8, 4) is 0 Å². The van der Waals surface area contributed by atoms with Crippen LogP contribution in [0.3, 0.4) is 0 Å². The van der Waals surface area contributed by atoms with Crippen LogP contribution in [0.25, 0.3) is 10.9 Å². The van der Waals surface area contributed by atoms with Crippen molar-refractivity contribution in [2.75, 3.05) is 0 Å². The van der Waals surface area contributed by atoms with Crippen molar-refractivity contribution >= 4 is 10.9 Å². The zero-order valence-electron chi connectivity index (χ0n) is 13.4. The van der Waals surface area contributed by atoms with E-state index in [2.05, 4.69) is 56.7 Å². The fourth-order valence-corrected chi connectivity index (χ4v) is 2.64. The Morgan fingerprint density at radius 3 is 2.50 bits per heavy atom. The van der Waals surface area contributed by atoms with E-state index in [0.717, 1.165) is 12.1 Å². The molecule has 2 heteroatoms. The quantitative estimate of drug-likeness (QED) is 0.851. The highest BCUT2D eigenvalue weighted by molar-refractivity contribution is 5.85. The summed E-state index contributed by atoms with van der Waals surface area (Å²) in [6, 6.07) is 6.67. The van der Waals surface area contributed by atoms with Crippen LogP contribution in [0.5, 0.6) is 0 Å². The van der Waals surface area contributed by atoms with Gasteiger partial charge in [-0.3, -0.25) is 0 Å². The lowest BCUT2D eigenvalue weighted by atomic mass is 9.86. The summed E-state index contributed by atoms with van der Waals surface area (Å²) < 4.78 is 2.29. The molecular formula is C18H27NO. The number of benzene rings is 1. The van der Waals surface area contributed by atoms with E-state index in [1.54, 1.807) is 0 Å². The summed E-state index contributed by atoms with van der Waals surface area (Å²) in [5.74, 6) is 0. The summed E-state index contributed by atoms with van der Waals surface area (Å²) in [5, 5.41) is 11.2. The first-order chi connectivity index (χ1) is 9.34. The Bertz CT molecular complexity index is 587. The molecule has 0 radical (unpaired) electrons.